The van der Waals surface area contributed by atoms with Gasteiger partial charge in [-0.25, -0.2) is 4.39 Å². The van der Waals surface area contributed by atoms with Crippen LogP contribution >= 0.6 is 0 Å². The average molecular weight is 249 g/mol. The summed E-state index contributed by atoms with van der Waals surface area (Å²) >= 11 is 0. The van der Waals surface area contributed by atoms with E-state index in [1.165, 1.54) is 12.1 Å². The van der Waals surface area contributed by atoms with Crippen LogP contribution in [0.15, 0.2) is 24.3 Å². The second-order valence-corrected chi connectivity index (χ2v) is 4.08. The molecule has 1 atom stereocenters. The molecule has 5 heteroatoms. The van der Waals surface area contributed by atoms with Gasteiger partial charge in [0.05, 0.1) is 5.56 Å². The van der Waals surface area contributed by atoms with E-state index in [0.29, 0.717) is 5.56 Å². The van der Waals surface area contributed by atoms with E-state index in [4.69, 9.17) is 5.73 Å². The van der Waals surface area contributed by atoms with Crippen molar-refractivity contribution >= 4 is 0 Å². The summed E-state index contributed by atoms with van der Waals surface area (Å²) < 4.78 is 51.3. The van der Waals surface area contributed by atoms with Gasteiger partial charge >= 0.3 is 6.18 Å². The standard InChI is InChI=1S/C12H15F4N/c1-2-11(13,8-17)7-9-4-3-5-10(6-9)12(14,15)16/h3-6H,2,7-8,17H2,1H3. The van der Waals surface area contributed by atoms with Gasteiger partial charge in [-0.2, -0.15) is 13.2 Å². The Bertz CT molecular complexity index is 369. The Morgan fingerprint density at radius 3 is 2.29 bits per heavy atom. The molecule has 0 saturated heterocycles. The van der Waals surface area contributed by atoms with Gasteiger partial charge in [-0.3, -0.25) is 0 Å². The SMILES string of the molecule is CCC(F)(CN)Cc1cccc(C(F)(F)F)c1. The predicted octanol–water partition coefficient (Wildman–Crippen LogP) is 3.32. The largest absolute Gasteiger partial charge is 0.416 e. The number of benzene rings is 1. The van der Waals surface area contributed by atoms with E-state index < -0.39 is 17.4 Å². The van der Waals surface area contributed by atoms with E-state index in [1.54, 1.807) is 6.92 Å². The highest BCUT2D eigenvalue weighted by atomic mass is 19.4. The van der Waals surface area contributed by atoms with Crippen molar-refractivity contribution in [3.63, 3.8) is 0 Å². The number of alkyl halides is 4. The lowest BCUT2D eigenvalue weighted by atomic mass is 9.93. The second kappa shape index (κ2) is 5.04. The molecule has 0 spiro atoms. The fourth-order valence-corrected chi connectivity index (χ4v) is 1.56. The van der Waals surface area contributed by atoms with Crippen LogP contribution in [-0.2, 0) is 12.6 Å². The van der Waals surface area contributed by atoms with Crippen molar-refractivity contribution in [1.29, 1.82) is 0 Å². The zero-order chi connectivity index (χ0) is 13.1. The molecule has 1 aromatic rings. The van der Waals surface area contributed by atoms with E-state index >= 15 is 0 Å². The Kier molecular flexibility index (Phi) is 4.14. The topological polar surface area (TPSA) is 26.0 Å². The van der Waals surface area contributed by atoms with Crippen molar-refractivity contribution in [3.05, 3.63) is 35.4 Å². The van der Waals surface area contributed by atoms with E-state index in [1.807, 2.05) is 0 Å². The maximum Gasteiger partial charge on any atom is 0.416 e. The molecule has 0 radical (unpaired) electrons. The van der Waals surface area contributed by atoms with Gasteiger partial charge in [-0.05, 0) is 18.1 Å². The summed E-state index contributed by atoms with van der Waals surface area (Å²) in [6.07, 6.45) is -4.31. The fraction of sp³-hybridized carbons (Fsp3) is 0.500. The zero-order valence-electron chi connectivity index (χ0n) is 9.52. The molecule has 1 unspecified atom stereocenters. The van der Waals surface area contributed by atoms with E-state index in [2.05, 4.69) is 0 Å². The molecule has 0 aliphatic carbocycles. The molecule has 0 saturated carbocycles. The highest BCUT2D eigenvalue weighted by Crippen LogP contribution is 2.30. The van der Waals surface area contributed by atoms with Crippen molar-refractivity contribution in [3.8, 4) is 0 Å². The van der Waals surface area contributed by atoms with Gasteiger partial charge in [0, 0.05) is 13.0 Å². The molecule has 2 N–H and O–H groups in total. The minimum Gasteiger partial charge on any atom is -0.328 e. The second-order valence-electron chi connectivity index (χ2n) is 4.08. The first-order valence-corrected chi connectivity index (χ1v) is 5.36. The van der Waals surface area contributed by atoms with Crippen LogP contribution in [0.3, 0.4) is 0 Å². The first-order valence-electron chi connectivity index (χ1n) is 5.36. The van der Waals surface area contributed by atoms with Gasteiger partial charge < -0.3 is 5.73 Å². The van der Waals surface area contributed by atoms with Crippen LogP contribution < -0.4 is 5.73 Å². The molecule has 0 fully saturated rings. The lowest BCUT2D eigenvalue weighted by molar-refractivity contribution is -0.137. The molecule has 96 valence electrons. The normalized spacial score (nSPS) is 15.6. The van der Waals surface area contributed by atoms with Gasteiger partial charge in [0.25, 0.3) is 0 Å². The quantitative estimate of drug-likeness (QED) is 0.814. The van der Waals surface area contributed by atoms with Crippen molar-refractivity contribution in [2.75, 3.05) is 6.54 Å². The Morgan fingerprint density at radius 1 is 1.18 bits per heavy atom. The Balaban J connectivity index is 2.93. The lowest BCUT2D eigenvalue weighted by Crippen LogP contribution is -2.34. The molecule has 0 aromatic heterocycles. The number of nitrogens with two attached hydrogens (primary N) is 1. The molecular weight excluding hydrogens is 234 g/mol. The summed E-state index contributed by atoms with van der Waals surface area (Å²) in [7, 11) is 0. The van der Waals surface area contributed by atoms with Crippen LogP contribution in [0.2, 0.25) is 0 Å². The predicted molar refractivity (Wildman–Crippen MR) is 58.3 cm³/mol. The average Bonchev–Trinajstić information content (AvgIpc) is 2.28. The number of rotatable bonds is 4. The highest BCUT2D eigenvalue weighted by Gasteiger charge is 2.31. The smallest absolute Gasteiger partial charge is 0.328 e. The Morgan fingerprint density at radius 2 is 1.82 bits per heavy atom. The van der Waals surface area contributed by atoms with Crippen molar-refractivity contribution in [2.24, 2.45) is 5.73 Å². The molecule has 0 heterocycles. The monoisotopic (exact) mass is 249 g/mol. The summed E-state index contributed by atoms with van der Waals surface area (Å²) in [5, 5.41) is 0. The van der Waals surface area contributed by atoms with Crippen LogP contribution in [0.25, 0.3) is 0 Å². The van der Waals surface area contributed by atoms with Crippen LogP contribution in [0.5, 0.6) is 0 Å². The third-order valence-corrected chi connectivity index (χ3v) is 2.77. The fourth-order valence-electron chi connectivity index (χ4n) is 1.56. The van der Waals surface area contributed by atoms with Gasteiger partial charge in [0.2, 0.25) is 0 Å². The van der Waals surface area contributed by atoms with Crippen LogP contribution in [0.4, 0.5) is 17.6 Å². The summed E-state index contributed by atoms with van der Waals surface area (Å²) in [5.41, 5.74) is 3.21. The van der Waals surface area contributed by atoms with Gasteiger partial charge in [-0.1, -0.05) is 25.1 Å². The maximum absolute atomic E-state index is 14.0. The van der Waals surface area contributed by atoms with Crippen molar-refractivity contribution < 1.29 is 17.6 Å². The number of hydrogen-bond acceptors (Lipinski definition) is 1. The third-order valence-electron chi connectivity index (χ3n) is 2.77. The molecule has 0 amide bonds. The van der Waals surface area contributed by atoms with E-state index in [9.17, 15) is 17.6 Å². The van der Waals surface area contributed by atoms with Crippen molar-refractivity contribution in [1.82, 2.24) is 0 Å². The first kappa shape index (κ1) is 14.0. The number of hydrogen-bond donors (Lipinski definition) is 1. The summed E-state index contributed by atoms with van der Waals surface area (Å²) in [4.78, 5) is 0. The summed E-state index contributed by atoms with van der Waals surface area (Å²) in [6.45, 7) is 1.43. The minimum absolute atomic E-state index is 0.0933. The Labute approximate surface area is 97.6 Å². The molecule has 0 aliphatic heterocycles. The molecular formula is C12H15F4N. The summed E-state index contributed by atoms with van der Waals surface area (Å²) in [6, 6.07) is 4.71. The molecule has 0 bridgehead atoms. The lowest BCUT2D eigenvalue weighted by Gasteiger charge is -2.22. The minimum atomic E-state index is -4.40. The van der Waals surface area contributed by atoms with E-state index in [0.717, 1.165) is 12.1 Å². The van der Waals surface area contributed by atoms with Crippen LogP contribution in [0.1, 0.15) is 24.5 Å². The molecule has 17 heavy (non-hydrogen) atoms. The van der Waals surface area contributed by atoms with Gasteiger partial charge in [-0.15, -0.1) is 0 Å². The molecule has 1 nitrogen and oxygen atoms in total. The highest BCUT2D eigenvalue weighted by molar-refractivity contribution is 5.26. The van der Waals surface area contributed by atoms with E-state index in [-0.39, 0.29) is 19.4 Å². The zero-order valence-corrected chi connectivity index (χ0v) is 9.52. The maximum atomic E-state index is 14.0. The van der Waals surface area contributed by atoms with Crippen LogP contribution in [0, 0.1) is 0 Å². The summed E-state index contributed by atoms with van der Waals surface area (Å²) in [5.74, 6) is 0. The first-order chi connectivity index (χ1) is 7.80. The van der Waals surface area contributed by atoms with Crippen LogP contribution in [-0.4, -0.2) is 12.2 Å². The molecule has 1 aromatic carbocycles. The van der Waals surface area contributed by atoms with Crippen molar-refractivity contribution in [2.45, 2.75) is 31.6 Å². The van der Waals surface area contributed by atoms with Gasteiger partial charge in [0.15, 0.2) is 0 Å². The molecule has 0 aliphatic rings. The third kappa shape index (κ3) is 3.70. The Hall–Kier alpha value is -1.10. The molecule has 1 rings (SSSR count). The van der Waals surface area contributed by atoms with Gasteiger partial charge in [0.1, 0.15) is 5.67 Å². The number of halogens is 4.